The summed E-state index contributed by atoms with van der Waals surface area (Å²) in [4.78, 5) is 2.33. The Kier molecular flexibility index (Phi) is 2.86. The van der Waals surface area contributed by atoms with Gasteiger partial charge < -0.3 is 15.0 Å². The first-order chi connectivity index (χ1) is 6.27. The summed E-state index contributed by atoms with van der Waals surface area (Å²) in [6.45, 7) is 1.93. The van der Waals surface area contributed by atoms with Crippen LogP contribution in [0, 0.1) is 0 Å². The van der Waals surface area contributed by atoms with E-state index in [0.29, 0.717) is 12.1 Å². The van der Waals surface area contributed by atoms with Crippen LogP contribution in [0.15, 0.2) is 0 Å². The molecule has 0 amide bonds. The van der Waals surface area contributed by atoms with Gasteiger partial charge in [-0.05, 0) is 33.4 Å². The predicted molar refractivity (Wildman–Crippen MR) is 52.9 cm³/mol. The smallest absolute Gasteiger partial charge is 0.0743 e. The fourth-order valence-corrected chi connectivity index (χ4v) is 2.45. The monoisotopic (exact) mass is 184 g/mol. The number of morpholine rings is 1. The molecule has 3 heteroatoms. The van der Waals surface area contributed by atoms with Crippen LogP contribution in [-0.2, 0) is 4.74 Å². The Labute approximate surface area is 80.4 Å². The lowest BCUT2D eigenvalue weighted by Crippen LogP contribution is -2.54. The Hall–Kier alpha value is -0.120. The molecule has 2 fully saturated rings. The first-order valence-electron chi connectivity index (χ1n) is 5.29. The van der Waals surface area contributed by atoms with Gasteiger partial charge in [0.1, 0.15) is 0 Å². The summed E-state index contributed by atoms with van der Waals surface area (Å²) in [6, 6.07) is 1.35. The fraction of sp³-hybridized carbons (Fsp3) is 1.00. The van der Waals surface area contributed by atoms with E-state index in [-0.39, 0.29) is 0 Å². The molecule has 3 atom stereocenters. The second-order valence-corrected chi connectivity index (χ2v) is 4.40. The first kappa shape index (κ1) is 9.44. The number of fused-ring (bicyclic) bond motifs is 1. The van der Waals surface area contributed by atoms with Crippen molar-refractivity contribution in [2.75, 3.05) is 27.2 Å². The van der Waals surface area contributed by atoms with Crippen molar-refractivity contribution in [1.29, 1.82) is 0 Å². The van der Waals surface area contributed by atoms with E-state index in [2.05, 4.69) is 24.3 Å². The molecule has 2 aliphatic rings. The van der Waals surface area contributed by atoms with Gasteiger partial charge in [0.05, 0.1) is 12.7 Å². The zero-order valence-electron chi connectivity index (χ0n) is 8.62. The quantitative estimate of drug-likeness (QED) is 0.640. The third kappa shape index (κ3) is 2.03. The minimum atomic E-state index is 0.467. The summed E-state index contributed by atoms with van der Waals surface area (Å²) in [5, 5.41) is 3.54. The van der Waals surface area contributed by atoms with Crippen LogP contribution in [0.2, 0.25) is 0 Å². The molecular weight excluding hydrogens is 164 g/mol. The van der Waals surface area contributed by atoms with Gasteiger partial charge in [-0.3, -0.25) is 0 Å². The Morgan fingerprint density at radius 2 is 2.15 bits per heavy atom. The molecule has 0 aromatic heterocycles. The number of ether oxygens (including phenoxy) is 1. The van der Waals surface area contributed by atoms with E-state index in [4.69, 9.17) is 4.74 Å². The van der Waals surface area contributed by atoms with Crippen molar-refractivity contribution in [1.82, 2.24) is 10.2 Å². The van der Waals surface area contributed by atoms with Gasteiger partial charge in [0, 0.05) is 18.6 Å². The summed E-state index contributed by atoms with van der Waals surface area (Å²) in [5.41, 5.74) is 0. The highest BCUT2D eigenvalue weighted by Gasteiger charge is 2.33. The van der Waals surface area contributed by atoms with Crippen molar-refractivity contribution in [3.05, 3.63) is 0 Å². The topological polar surface area (TPSA) is 24.5 Å². The maximum absolute atomic E-state index is 5.77. The van der Waals surface area contributed by atoms with Gasteiger partial charge in [0.15, 0.2) is 0 Å². The lowest BCUT2D eigenvalue weighted by Gasteiger charge is -2.41. The van der Waals surface area contributed by atoms with Gasteiger partial charge in [-0.2, -0.15) is 0 Å². The van der Waals surface area contributed by atoms with Gasteiger partial charge in [-0.25, -0.2) is 0 Å². The average Bonchev–Trinajstić information content (AvgIpc) is 2.17. The van der Waals surface area contributed by atoms with Crippen molar-refractivity contribution in [2.45, 2.75) is 37.5 Å². The molecule has 76 valence electrons. The Morgan fingerprint density at radius 1 is 1.31 bits per heavy atom. The second kappa shape index (κ2) is 3.95. The van der Waals surface area contributed by atoms with Crippen molar-refractivity contribution < 1.29 is 4.74 Å². The zero-order chi connectivity index (χ0) is 9.26. The lowest BCUT2D eigenvalue weighted by molar-refractivity contribution is -0.0413. The van der Waals surface area contributed by atoms with Crippen molar-refractivity contribution in [3.63, 3.8) is 0 Å². The average molecular weight is 184 g/mol. The molecule has 3 nitrogen and oxygen atoms in total. The van der Waals surface area contributed by atoms with Crippen LogP contribution in [0.5, 0.6) is 0 Å². The zero-order valence-corrected chi connectivity index (χ0v) is 8.62. The SMILES string of the molecule is CN(C)[C@@H]1CC[C@@H]2NCCO[C@@H]2C1. The molecule has 1 N–H and O–H groups in total. The third-order valence-electron chi connectivity index (χ3n) is 3.33. The first-order valence-corrected chi connectivity index (χ1v) is 5.29. The summed E-state index contributed by atoms with van der Waals surface area (Å²) in [5.74, 6) is 0. The number of nitrogens with one attached hydrogen (secondary N) is 1. The van der Waals surface area contributed by atoms with Crippen molar-refractivity contribution in [2.24, 2.45) is 0 Å². The summed E-state index contributed by atoms with van der Waals surface area (Å²) in [6.07, 6.45) is 4.25. The van der Waals surface area contributed by atoms with E-state index in [0.717, 1.165) is 19.2 Å². The molecule has 13 heavy (non-hydrogen) atoms. The fourth-order valence-electron chi connectivity index (χ4n) is 2.45. The van der Waals surface area contributed by atoms with Gasteiger partial charge in [-0.1, -0.05) is 0 Å². The van der Waals surface area contributed by atoms with Crippen LogP contribution in [0.25, 0.3) is 0 Å². The van der Waals surface area contributed by atoms with E-state index in [1.165, 1.54) is 19.3 Å². The summed E-state index contributed by atoms with van der Waals surface area (Å²) in [7, 11) is 4.34. The molecule has 1 aliphatic carbocycles. The van der Waals surface area contributed by atoms with Gasteiger partial charge in [0.2, 0.25) is 0 Å². The maximum atomic E-state index is 5.77. The minimum Gasteiger partial charge on any atom is -0.375 e. The largest absolute Gasteiger partial charge is 0.375 e. The number of hydrogen-bond acceptors (Lipinski definition) is 3. The number of rotatable bonds is 1. The van der Waals surface area contributed by atoms with E-state index < -0.39 is 0 Å². The normalized spacial score (nSPS) is 40.4. The molecule has 1 saturated heterocycles. The van der Waals surface area contributed by atoms with Crippen LogP contribution in [-0.4, -0.2) is 50.3 Å². The Morgan fingerprint density at radius 3 is 2.92 bits per heavy atom. The van der Waals surface area contributed by atoms with E-state index in [9.17, 15) is 0 Å². The molecule has 0 aromatic carbocycles. The van der Waals surface area contributed by atoms with E-state index >= 15 is 0 Å². The van der Waals surface area contributed by atoms with E-state index in [1.807, 2.05) is 0 Å². The Bertz CT molecular complexity index is 172. The highest BCUT2D eigenvalue weighted by atomic mass is 16.5. The maximum Gasteiger partial charge on any atom is 0.0743 e. The molecular formula is C10H20N2O. The molecule has 0 unspecified atom stereocenters. The lowest BCUT2D eigenvalue weighted by atomic mass is 9.87. The molecule has 1 heterocycles. The Balaban J connectivity index is 1.91. The molecule has 0 aromatic rings. The second-order valence-electron chi connectivity index (χ2n) is 4.40. The summed E-state index contributed by atoms with van der Waals surface area (Å²) < 4.78 is 5.77. The van der Waals surface area contributed by atoms with Crippen LogP contribution < -0.4 is 5.32 Å². The van der Waals surface area contributed by atoms with Gasteiger partial charge in [0.25, 0.3) is 0 Å². The third-order valence-corrected chi connectivity index (χ3v) is 3.33. The number of hydrogen-bond donors (Lipinski definition) is 1. The molecule has 2 rings (SSSR count). The van der Waals surface area contributed by atoms with Crippen LogP contribution in [0.4, 0.5) is 0 Å². The van der Waals surface area contributed by atoms with Gasteiger partial charge >= 0.3 is 0 Å². The number of nitrogens with zero attached hydrogens (tertiary/aromatic N) is 1. The highest BCUT2D eigenvalue weighted by Crippen LogP contribution is 2.25. The molecule has 0 bridgehead atoms. The van der Waals surface area contributed by atoms with Crippen LogP contribution >= 0.6 is 0 Å². The molecule has 0 spiro atoms. The van der Waals surface area contributed by atoms with Crippen LogP contribution in [0.1, 0.15) is 19.3 Å². The van der Waals surface area contributed by atoms with Crippen LogP contribution in [0.3, 0.4) is 0 Å². The predicted octanol–water partition coefficient (Wildman–Crippen LogP) is 0.457. The molecule has 1 saturated carbocycles. The molecule has 0 radical (unpaired) electrons. The standard InChI is InChI=1S/C10H20N2O/c1-12(2)8-3-4-9-10(7-8)13-6-5-11-9/h8-11H,3-7H2,1-2H3/t8-,9+,10-/m1/s1. The minimum absolute atomic E-state index is 0.467. The molecule has 1 aliphatic heterocycles. The van der Waals surface area contributed by atoms with Crippen molar-refractivity contribution >= 4 is 0 Å². The summed E-state index contributed by atoms with van der Waals surface area (Å²) >= 11 is 0. The highest BCUT2D eigenvalue weighted by molar-refractivity contribution is 4.90. The van der Waals surface area contributed by atoms with Crippen molar-refractivity contribution in [3.8, 4) is 0 Å². The van der Waals surface area contributed by atoms with Gasteiger partial charge in [-0.15, -0.1) is 0 Å². The van der Waals surface area contributed by atoms with E-state index in [1.54, 1.807) is 0 Å².